The number of aliphatic hydroxyl groups is 1. The van der Waals surface area contributed by atoms with Gasteiger partial charge < -0.3 is 14.7 Å². The van der Waals surface area contributed by atoms with Crippen molar-refractivity contribution in [3.8, 4) is 5.75 Å². The van der Waals surface area contributed by atoms with Crippen molar-refractivity contribution in [1.29, 1.82) is 0 Å². The predicted molar refractivity (Wildman–Crippen MR) is 124 cm³/mol. The normalized spacial score (nSPS) is 30.7. The van der Waals surface area contributed by atoms with Gasteiger partial charge in [0.2, 0.25) is 0 Å². The molecule has 1 aromatic carbocycles. The first-order chi connectivity index (χ1) is 14.6. The van der Waals surface area contributed by atoms with Gasteiger partial charge in [-0.05, 0) is 105 Å². The Balaban J connectivity index is 1.28. The van der Waals surface area contributed by atoms with Crippen LogP contribution in [0.2, 0.25) is 0 Å². The second-order valence-electron chi connectivity index (χ2n) is 10.7. The smallest absolute Gasteiger partial charge is 0.119 e. The van der Waals surface area contributed by atoms with Crippen molar-refractivity contribution in [2.24, 2.45) is 17.8 Å². The van der Waals surface area contributed by atoms with Gasteiger partial charge in [0.1, 0.15) is 18.5 Å². The third-order valence-corrected chi connectivity index (χ3v) is 8.07. The van der Waals surface area contributed by atoms with Gasteiger partial charge in [0, 0.05) is 6.54 Å². The summed E-state index contributed by atoms with van der Waals surface area (Å²) < 4.78 is 5.97. The van der Waals surface area contributed by atoms with E-state index in [1.54, 1.807) is 5.56 Å². The molecule has 3 nitrogen and oxygen atoms in total. The average molecular weight is 414 g/mol. The molecule has 4 saturated carbocycles. The zero-order chi connectivity index (χ0) is 21.0. The highest BCUT2D eigenvalue weighted by Crippen LogP contribution is 2.60. The molecule has 1 N–H and O–H groups in total. The number of unbranched alkanes of at least 4 members (excludes halogenated alkanes) is 2. The van der Waals surface area contributed by atoms with Crippen LogP contribution >= 0.6 is 0 Å². The molecular weight excluding hydrogens is 370 g/mol. The van der Waals surface area contributed by atoms with E-state index in [1.807, 2.05) is 0 Å². The summed E-state index contributed by atoms with van der Waals surface area (Å²) in [6.45, 7) is 7.70. The third-order valence-electron chi connectivity index (χ3n) is 8.07. The molecule has 0 radical (unpaired) electrons. The molecule has 168 valence electrons. The van der Waals surface area contributed by atoms with Crippen molar-refractivity contribution >= 4 is 0 Å². The summed E-state index contributed by atoms with van der Waals surface area (Å²) in [5, 5.41) is 10.5. The Labute approximate surface area is 184 Å². The van der Waals surface area contributed by atoms with Crippen LogP contribution in [0, 0.1) is 17.8 Å². The molecule has 5 rings (SSSR count). The maximum absolute atomic E-state index is 10.5. The molecule has 0 heterocycles. The molecule has 0 aromatic heterocycles. The van der Waals surface area contributed by atoms with Crippen molar-refractivity contribution in [3.63, 3.8) is 0 Å². The molecule has 0 amide bonds. The number of aliphatic hydroxyl groups excluding tert-OH is 1. The van der Waals surface area contributed by atoms with Gasteiger partial charge in [-0.3, -0.25) is 0 Å². The SMILES string of the molecule is CCCCN(CCCC)C[C@@H](O)COc1ccc(C23CC4CC(CC(C4)C2)C3)cc1. The van der Waals surface area contributed by atoms with E-state index in [1.165, 1.54) is 64.2 Å². The molecule has 4 aliphatic rings. The summed E-state index contributed by atoms with van der Waals surface area (Å²) in [6.07, 6.45) is 13.1. The van der Waals surface area contributed by atoms with Crippen LogP contribution in [0.5, 0.6) is 5.75 Å². The van der Waals surface area contributed by atoms with Gasteiger partial charge in [-0.25, -0.2) is 0 Å². The van der Waals surface area contributed by atoms with Crippen LogP contribution in [0.3, 0.4) is 0 Å². The lowest BCUT2D eigenvalue weighted by Crippen LogP contribution is -2.48. The monoisotopic (exact) mass is 413 g/mol. The Morgan fingerprint density at radius 3 is 1.97 bits per heavy atom. The molecule has 4 bridgehead atoms. The molecule has 1 aromatic rings. The first kappa shape index (κ1) is 22.1. The first-order valence-electron chi connectivity index (χ1n) is 12.7. The summed E-state index contributed by atoms with van der Waals surface area (Å²) >= 11 is 0. The molecule has 0 spiro atoms. The van der Waals surface area contributed by atoms with Gasteiger partial charge in [-0.1, -0.05) is 38.8 Å². The molecule has 0 aliphatic heterocycles. The molecule has 30 heavy (non-hydrogen) atoms. The molecule has 1 atom stereocenters. The van der Waals surface area contributed by atoms with Crippen LogP contribution in [0.15, 0.2) is 24.3 Å². The summed E-state index contributed by atoms with van der Waals surface area (Å²) in [6, 6.07) is 8.94. The number of hydrogen-bond donors (Lipinski definition) is 1. The topological polar surface area (TPSA) is 32.7 Å². The van der Waals surface area contributed by atoms with Gasteiger partial charge in [-0.2, -0.15) is 0 Å². The Hall–Kier alpha value is -1.06. The highest BCUT2D eigenvalue weighted by atomic mass is 16.5. The van der Waals surface area contributed by atoms with Crippen molar-refractivity contribution < 1.29 is 9.84 Å². The standard InChI is InChI=1S/C27H43NO2/c1-3-5-11-28(12-6-4-2)19-25(29)20-30-26-9-7-24(8-10-26)27-16-21-13-22(17-27)15-23(14-21)18-27/h7-10,21-23,25,29H,3-6,11-20H2,1-2H3/t21?,22?,23?,25-,27?/m1/s1. The minimum Gasteiger partial charge on any atom is -0.491 e. The van der Waals surface area contributed by atoms with Crippen LogP contribution in [-0.2, 0) is 5.41 Å². The summed E-state index contributed by atoms with van der Waals surface area (Å²) in [5.41, 5.74) is 1.99. The van der Waals surface area contributed by atoms with Crippen molar-refractivity contribution in [2.75, 3.05) is 26.2 Å². The Morgan fingerprint density at radius 2 is 1.47 bits per heavy atom. The predicted octanol–water partition coefficient (Wildman–Crippen LogP) is 5.80. The van der Waals surface area contributed by atoms with Crippen LogP contribution in [0.25, 0.3) is 0 Å². The number of rotatable bonds is 12. The molecule has 0 saturated heterocycles. The lowest BCUT2D eigenvalue weighted by atomic mass is 9.48. The Bertz CT molecular complexity index is 612. The number of hydrogen-bond acceptors (Lipinski definition) is 3. The van der Waals surface area contributed by atoms with E-state index in [-0.39, 0.29) is 0 Å². The highest BCUT2D eigenvalue weighted by molar-refractivity contribution is 5.34. The highest BCUT2D eigenvalue weighted by Gasteiger charge is 2.51. The largest absolute Gasteiger partial charge is 0.491 e. The molecule has 4 aliphatic carbocycles. The quantitative estimate of drug-likeness (QED) is 0.470. The summed E-state index contributed by atoms with van der Waals surface area (Å²) in [5.74, 6) is 3.83. The molecular formula is C27H43NO2. The van der Waals surface area contributed by atoms with E-state index < -0.39 is 6.10 Å². The summed E-state index contributed by atoms with van der Waals surface area (Å²) in [4.78, 5) is 2.40. The fraction of sp³-hybridized carbons (Fsp3) is 0.778. The van der Waals surface area contributed by atoms with E-state index in [9.17, 15) is 5.11 Å². The van der Waals surface area contributed by atoms with Gasteiger partial charge in [-0.15, -0.1) is 0 Å². The van der Waals surface area contributed by atoms with Crippen LogP contribution in [-0.4, -0.2) is 42.4 Å². The zero-order valence-corrected chi connectivity index (χ0v) is 19.3. The summed E-state index contributed by atoms with van der Waals surface area (Å²) in [7, 11) is 0. The van der Waals surface area contributed by atoms with Gasteiger partial charge in [0.15, 0.2) is 0 Å². The van der Waals surface area contributed by atoms with E-state index >= 15 is 0 Å². The van der Waals surface area contributed by atoms with E-state index in [4.69, 9.17) is 4.74 Å². The second-order valence-corrected chi connectivity index (χ2v) is 10.7. The van der Waals surface area contributed by atoms with Gasteiger partial charge in [0.25, 0.3) is 0 Å². The minimum atomic E-state index is -0.429. The van der Waals surface area contributed by atoms with Gasteiger partial charge >= 0.3 is 0 Å². The third kappa shape index (κ3) is 5.22. The van der Waals surface area contributed by atoms with E-state index in [0.29, 0.717) is 18.6 Å². The van der Waals surface area contributed by atoms with Crippen molar-refractivity contribution in [2.45, 2.75) is 89.6 Å². The molecule has 4 fully saturated rings. The number of nitrogens with zero attached hydrogens (tertiary/aromatic N) is 1. The van der Waals surface area contributed by atoms with Crippen LogP contribution in [0.4, 0.5) is 0 Å². The minimum absolute atomic E-state index is 0.380. The van der Waals surface area contributed by atoms with E-state index in [0.717, 1.165) is 36.6 Å². The van der Waals surface area contributed by atoms with Crippen LogP contribution < -0.4 is 4.74 Å². The Kier molecular flexibility index (Phi) is 7.41. The van der Waals surface area contributed by atoms with E-state index in [2.05, 4.69) is 43.0 Å². The maximum Gasteiger partial charge on any atom is 0.119 e. The van der Waals surface area contributed by atoms with Crippen molar-refractivity contribution in [1.82, 2.24) is 4.90 Å². The lowest BCUT2D eigenvalue weighted by Gasteiger charge is -2.57. The van der Waals surface area contributed by atoms with Crippen molar-refractivity contribution in [3.05, 3.63) is 29.8 Å². The fourth-order valence-electron chi connectivity index (χ4n) is 6.97. The van der Waals surface area contributed by atoms with Gasteiger partial charge in [0.05, 0.1) is 0 Å². The van der Waals surface area contributed by atoms with Crippen LogP contribution in [0.1, 0.15) is 83.6 Å². The molecule has 0 unspecified atom stereocenters. The maximum atomic E-state index is 10.5. The zero-order valence-electron chi connectivity index (χ0n) is 19.3. The average Bonchev–Trinajstić information content (AvgIpc) is 2.73. The fourth-order valence-corrected chi connectivity index (χ4v) is 6.97. The second kappa shape index (κ2) is 10.0. The number of benzene rings is 1. The Morgan fingerprint density at radius 1 is 0.933 bits per heavy atom. The first-order valence-corrected chi connectivity index (χ1v) is 12.7. The lowest BCUT2D eigenvalue weighted by molar-refractivity contribution is -0.00522. The molecule has 3 heteroatoms. The number of ether oxygens (including phenoxy) is 1.